The van der Waals surface area contributed by atoms with Gasteiger partial charge in [0.25, 0.3) is 0 Å². The van der Waals surface area contributed by atoms with E-state index >= 15 is 0 Å². The fourth-order valence-electron chi connectivity index (χ4n) is 2.04. The fourth-order valence-corrected chi connectivity index (χ4v) is 2.04. The number of anilines is 1. The lowest BCUT2D eigenvalue weighted by Gasteiger charge is -2.24. The van der Waals surface area contributed by atoms with Crippen molar-refractivity contribution in [3.63, 3.8) is 0 Å². The molecule has 0 bridgehead atoms. The van der Waals surface area contributed by atoms with Gasteiger partial charge in [0.05, 0.1) is 19.0 Å². The van der Waals surface area contributed by atoms with Crippen LogP contribution in [0.1, 0.15) is 38.3 Å². The van der Waals surface area contributed by atoms with Gasteiger partial charge in [-0.1, -0.05) is 32.9 Å². The zero-order valence-corrected chi connectivity index (χ0v) is 12.4. The van der Waals surface area contributed by atoms with E-state index < -0.39 is 0 Å². The first-order valence-electron chi connectivity index (χ1n) is 6.46. The van der Waals surface area contributed by atoms with Crippen LogP contribution in [-0.4, -0.2) is 19.4 Å². The van der Waals surface area contributed by atoms with Gasteiger partial charge in [0.2, 0.25) is 0 Å². The number of aryl methyl sites for hydroxylation is 1. The molecule has 0 N–H and O–H groups in total. The summed E-state index contributed by atoms with van der Waals surface area (Å²) in [5, 5.41) is 8.51. The van der Waals surface area contributed by atoms with Gasteiger partial charge in [-0.05, 0) is 29.5 Å². The second-order valence-corrected chi connectivity index (χ2v) is 5.98. The molecular formula is C16H22N2O. The van der Waals surface area contributed by atoms with Gasteiger partial charge in [-0.2, -0.15) is 5.26 Å². The van der Waals surface area contributed by atoms with Crippen LogP contribution in [0.25, 0.3) is 0 Å². The Balaban J connectivity index is 2.91. The van der Waals surface area contributed by atoms with Crippen molar-refractivity contribution in [1.82, 2.24) is 0 Å². The summed E-state index contributed by atoms with van der Waals surface area (Å²) in [4.78, 5) is 13.4. The summed E-state index contributed by atoms with van der Waals surface area (Å²) in [5.41, 5.74) is 3.60. The summed E-state index contributed by atoms with van der Waals surface area (Å²) in [6, 6.07) is 8.21. The number of hydrogen-bond acceptors (Lipinski definition) is 3. The normalized spacial score (nSPS) is 10.9. The monoisotopic (exact) mass is 258 g/mol. The number of nitriles is 1. The molecule has 3 nitrogen and oxygen atoms in total. The molecule has 1 rings (SSSR count). The Kier molecular flexibility index (Phi) is 4.72. The summed E-state index contributed by atoms with van der Waals surface area (Å²) in [5.74, 6) is -0.0516. The minimum absolute atomic E-state index is 0.0243. The minimum Gasteiger partial charge on any atom is -0.367 e. The van der Waals surface area contributed by atoms with Crippen molar-refractivity contribution in [3.8, 4) is 6.07 Å². The van der Waals surface area contributed by atoms with Crippen LogP contribution < -0.4 is 4.90 Å². The molecule has 0 saturated heterocycles. The lowest BCUT2D eigenvalue weighted by Crippen LogP contribution is -2.26. The van der Waals surface area contributed by atoms with Gasteiger partial charge in [0.1, 0.15) is 0 Å². The Bertz CT molecular complexity index is 506. The topological polar surface area (TPSA) is 44.1 Å². The molecule has 0 fully saturated rings. The highest BCUT2D eigenvalue weighted by Crippen LogP contribution is 2.27. The van der Waals surface area contributed by atoms with E-state index in [1.807, 2.05) is 18.0 Å². The number of rotatable bonds is 4. The summed E-state index contributed by atoms with van der Waals surface area (Å²) in [6.45, 7) is 8.88. The zero-order valence-electron chi connectivity index (χ0n) is 12.4. The number of nitrogens with zero attached hydrogens (tertiary/aromatic N) is 2. The largest absolute Gasteiger partial charge is 0.367 e. The van der Waals surface area contributed by atoms with Gasteiger partial charge in [-0.3, -0.25) is 4.79 Å². The first-order valence-corrected chi connectivity index (χ1v) is 6.46. The molecular weight excluding hydrogens is 236 g/mol. The predicted molar refractivity (Wildman–Crippen MR) is 78.4 cm³/mol. The number of carbonyl (C=O) groups is 1. The van der Waals surface area contributed by atoms with Crippen molar-refractivity contribution in [1.29, 1.82) is 5.26 Å². The molecule has 0 saturated carbocycles. The number of ketones is 1. The van der Waals surface area contributed by atoms with Crippen LogP contribution in [0, 0.1) is 18.3 Å². The van der Waals surface area contributed by atoms with E-state index in [2.05, 4.69) is 45.9 Å². The molecule has 0 aliphatic rings. The van der Waals surface area contributed by atoms with Crippen molar-refractivity contribution in [2.75, 3.05) is 18.5 Å². The third kappa shape index (κ3) is 4.10. The molecule has 0 aromatic heterocycles. The summed E-state index contributed by atoms with van der Waals surface area (Å²) in [7, 11) is 1.88. The Morgan fingerprint density at radius 2 is 2.00 bits per heavy atom. The quantitative estimate of drug-likeness (QED) is 0.833. The number of likely N-dealkylation sites (N-methyl/N-ethyl adjacent to an activating group) is 1. The third-order valence-electron chi connectivity index (χ3n) is 3.16. The molecule has 0 spiro atoms. The highest BCUT2D eigenvalue weighted by molar-refractivity contribution is 5.85. The van der Waals surface area contributed by atoms with Crippen molar-refractivity contribution >= 4 is 11.5 Å². The van der Waals surface area contributed by atoms with E-state index in [9.17, 15) is 4.79 Å². The molecule has 0 radical (unpaired) electrons. The molecule has 3 heteroatoms. The predicted octanol–water partition coefficient (Wildman–Crippen LogP) is 3.21. The summed E-state index contributed by atoms with van der Waals surface area (Å²) >= 11 is 0. The van der Waals surface area contributed by atoms with Crippen LogP contribution in [0.5, 0.6) is 0 Å². The van der Waals surface area contributed by atoms with Gasteiger partial charge < -0.3 is 4.90 Å². The minimum atomic E-state index is -0.0516. The summed E-state index contributed by atoms with van der Waals surface area (Å²) < 4.78 is 0. The van der Waals surface area contributed by atoms with Gasteiger partial charge in [0.15, 0.2) is 5.78 Å². The van der Waals surface area contributed by atoms with Crippen LogP contribution in [-0.2, 0) is 10.2 Å². The molecule has 0 amide bonds. The molecule has 19 heavy (non-hydrogen) atoms. The van der Waals surface area contributed by atoms with Gasteiger partial charge >= 0.3 is 0 Å². The van der Waals surface area contributed by atoms with Crippen molar-refractivity contribution in [3.05, 3.63) is 29.3 Å². The zero-order chi connectivity index (χ0) is 14.6. The Morgan fingerprint density at radius 3 is 2.47 bits per heavy atom. The lowest BCUT2D eigenvalue weighted by atomic mass is 9.86. The SMILES string of the molecule is Cc1cc(C(C)(C)C)ccc1N(C)CC(=O)CC#N. The van der Waals surface area contributed by atoms with Crippen molar-refractivity contribution < 1.29 is 4.79 Å². The summed E-state index contributed by atoms with van der Waals surface area (Å²) in [6.07, 6.45) is -0.0243. The van der Waals surface area contributed by atoms with E-state index in [1.54, 1.807) is 0 Å². The first kappa shape index (κ1) is 15.2. The molecule has 1 aromatic carbocycles. The second kappa shape index (κ2) is 5.88. The van der Waals surface area contributed by atoms with Crippen LogP contribution in [0.2, 0.25) is 0 Å². The highest BCUT2D eigenvalue weighted by Gasteiger charge is 2.16. The lowest BCUT2D eigenvalue weighted by molar-refractivity contribution is -0.116. The van der Waals surface area contributed by atoms with E-state index in [0.29, 0.717) is 0 Å². The number of hydrogen-bond donors (Lipinski definition) is 0. The fraction of sp³-hybridized carbons (Fsp3) is 0.500. The van der Waals surface area contributed by atoms with Crippen molar-refractivity contribution in [2.45, 2.75) is 39.5 Å². The van der Waals surface area contributed by atoms with E-state index in [4.69, 9.17) is 5.26 Å². The molecule has 102 valence electrons. The molecule has 0 aliphatic carbocycles. The third-order valence-corrected chi connectivity index (χ3v) is 3.16. The molecule has 1 aromatic rings. The standard InChI is InChI=1S/C16H22N2O/c1-12-10-13(16(2,3)4)6-7-15(12)18(5)11-14(19)8-9-17/h6-7,10H,8,11H2,1-5H3. The second-order valence-electron chi connectivity index (χ2n) is 5.98. The van der Waals surface area contributed by atoms with Crippen LogP contribution >= 0.6 is 0 Å². The van der Waals surface area contributed by atoms with Gasteiger partial charge in [0, 0.05) is 12.7 Å². The average Bonchev–Trinajstić information content (AvgIpc) is 2.27. The van der Waals surface area contributed by atoms with E-state index in [0.717, 1.165) is 11.3 Å². The number of benzene rings is 1. The smallest absolute Gasteiger partial charge is 0.166 e. The maximum absolute atomic E-state index is 11.5. The molecule has 0 heterocycles. The Morgan fingerprint density at radius 1 is 1.37 bits per heavy atom. The van der Waals surface area contributed by atoms with Crippen molar-refractivity contribution in [2.24, 2.45) is 0 Å². The van der Waals surface area contributed by atoms with Crippen LogP contribution in [0.3, 0.4) is 0 Å². The average molecular weight is 258 g/mol. The van der Waals surface area contributed by atoms with Gasteiger partial charge in [-0.25, -0.2) is 0 Å². The van der Waals surface area contributed by atoms with Gasteiger partial charge in [-0.15, -0.1) is 0 Å². The maximum Gasteiger partial charge on any atom is 0.166 e. The molecule has 0 unspecified atom stereocenters. The maximum atomic E-state index is 11.5. The molecule has 0 aliphatic heterocycles. The first-order chi connectivity index (χ1) is 8.75. The number of Topliss-reactive ketones (excluding diaryl/α,β-unsaturated/α-hetero) is 1. The Labute approximate surface area is 115 Å². The Hall–Kier alpha value is -1.82. The van der Waals surface area contributed by atoms with Crippen LogP contribution in [0.4, 0.5) is 5.69 Å². The van der Waals surface area contributed by atoms with E-state index in [1.165, 1.54) is 5.56 Å². The molecule has 0 atom stereocenters. The number of carbonyl (C=O) groups excluding carboxylic acids is 1. The van der Waals surface area contributed by atoms with E-state index in [-0.39, 0.29) is 24.2 Å². The highest BCUT2D eigenvalue weighted by atomic mass is 16.1. The van der Waals surface area contributed by atoms with Crippen LogP contribution in [0.15, 0.2) is 18.2 Å².